The van der Waals surface area contributed by atoms with Gasteiger partial charge in [0.1, 0.15) is 11.7 Å². The third-order valence-electron chi connectivity index (χ3n) is 4.21. The van der Waals surface area contributed by atoms with Crippen LogP contribution in [0.4, 0.5) is 8.78 Å². The molecule has 0 bridgehead atoms. The number of benzene rings is 1. The van der Waals surface area contributed by atoms with Gasteiger partial charge in [0.15, 0.2) is 0 Å². The molecule has 1 aromatic carbocycles. The molecule has 0 spiro atoms. The summed E-state index contributed by atoms with van der Waals surface area (Å²) in [6.45, 7) is -0.712. The number of rotatable bonds is 3. The van der Waals surface area contributed by atoms with Crippen LogP contribution in [0.3, 0.4) is 0 Å². The number of carbonyl (C=O) groups excluding carboxylic acids is 1. The fraction of sp³-hybridized carbons (Fsp3) is 0.294. The maximum Gasteiger partial charge on any atom is 0.275 e. The molecule has 1 aliphatic rings. The van der Waals surface area contributed by atoms with Crippen LogP contribution >= 0.6 is 0 Å². The van der Waals surface area contributed by atoms with Crippen LogP contribution in [0.1, 0.15) is 28.8 Å². The summed E-state index contributed by atoms with van der Waals surface area (Å²) >= 11 is 0. The fourth-order valence-electron chi connectivity index (χ4n) is 2.99. The normalized spacial score (nSPS) is 19.0. The van der Waals surface area contributed by atoms with Crippen molar-refractivity contribution in [2.75, 3.05) is 6.54 Å². The van der Waals surface area contributed by atoms with E-state index in [9.17, 15) is 13.6 Å². The number of nitrogens with zero attached hydrogens (tertiary/aromatic N) is 5. The van der Waals surface area contributed by atoms with Gasteiger partial charge in [-0.1, -0.05) is 18.2 Å². The van der Waals surface area contributed by atoms with E-state index in [0.29, 0.717) is 5.56 Å². The Morgan fingerprint density at radius 1 is 1.23 bits per heavy atom. The molecule has 0 unspecified atom stereocenters. The number of hydrogen-bond acceptors (Lipinski definition) is 5. The number of likely N-dealkylation sites (tertiary alicyclic amines) is 1. The molecule has 0 saturated carbocycles. The van der Waals surface area contributed by atoms with Crippen molar-refractivity contribution in [1.82, 2.24) is 24.9 Å². The van der Waals surface area contributed by atoms with Crippen LogP contribution in [-0.4, -0.2) is 43.3 Å². The Balaban J connectivity index is 1.65. The molecule has 4 rings (SSSR count). The molecule has 7 nitrogen and oxygen atoms in total. The van der Waals surface area contributed by atoms with E-state index in [1.807, 2.05) is 6.07 Å². The van der Waals surface area contributed by atoms with Crippen molar-refractivity contribution >= 4 is 5.91 Å². The number of carbonyl (C=O) groups is 1. The molecule has 3 aromatic rings. The van der Waals surface area contributed by atoms with Gasteiger partial charge in [-0.05, 0) is 18.2 Å². The third kappa shape index (κ3) is 2.96. The average molecular weight is 359 g/mol. The Kier molecular flexibility index (Phi) is 3.78. The van der Waals surface area contributed by atoms with Gasteiger partial charge >= 0.3 is 0 Å². The molecule has 3 heterocycles. The number of halogens is 2. The number of alkyl halides is 2. The van der Waals surface area contributed by atoms with E-state index in [4.69, 9.17) is 4.42 Å². The Hall–Kier alpha value is -3.10. The first kappa shape index (κ1) is 16.4. The van der Waals surface area contributed by atoms with Crippen LogP contribution in [-0.2, 0) is 7.05 Å². The van der Waals surface area contributed by atoms with Crippen LogP contribution in [0.15, 0.2) is 47.0 Å². The summed E-state index contributed by atoms with van der Waals surface area (Å²) in [5.74, 6) is -3.41. The smallest absolute Gasteiger partial charge is 0.275 e. The lowest BCUT2D eigenvalue weighted by molar-refractivity contribution is 0.0116. The highest BCUT2D eigenvalue weighted by atomic mass is 19.3. The maximum absolute atomic E-state index is 14.0. The molecular formula is C17H15F2N5O2. The van der Waals surface area contributed by atoms with Gasteiger partial charge in [-0.3, -0.25) is 9.48 Å². The molecule has 1 saturated heterocycles. The van der Waals surface area contributed by atoms with Gasteiger partial charge < -0.3 is 9.32 Å². The quantitative estimate of drug-likeness (QED) is 0.719. The van der Waals surface area contributed by atoms with E-state index in [2.05, 4.69) is 15.3 Å². The van der Waals surface area contributed by atoms with Gasteiger partial charge in [-0.2, -0.15) is 5.10 Å². The highest BCUT2D eigenvalue weighted by Gasteiger charge is 2.50. The highest BCUT2D eigenvalue weighted by molar-refractivity contribution is 5.92. The second-order valence-corrected chi connectivity index (χ2v) is 6.20. The Morgan fingerprint density at radius 2 is 2.00 bits per heavy atom. The highest BCUT2D eigenvalue weighted by Crippen LogP contribution is 2.41. The third-order valence-corrected chi connectivity index (χ3v) is 4.21. The lowest BCUT2D eigenvalue weighted by Gasteiger charge is -2.20. The Bertz CT molecular complexity index is 938. The Morgan fingerprint density at radius 3 is 2.69 bits per heavy atom. The number of amides is 1. The average Bonchev–Trinajstić information content (AvgIpc) is 3.33. The second-order valence-electron chi connectivity index (χ2n) is 6.20. The number of hydrogen-bond donors (Lipinski definition) is 0. The van der Waals surface area contributed by atoms with Crippen LogP contribution in [0, 0.1) is 0 Å². The summed E-state index contributed by atoms with van der Waals surface area (Å²) in [4.78, 5) is 13.7. The maximum atomic E-state index is 14.0. The van der Waals surface area contributed by atoms with E-state index in [1.54, 1.807) is 37.5 Å². The van der Waals surface area contributed by atoms with Gasteiger partial charge in [0.2, 0.25) is 11.8 Å². The minimum atomic E-state index is -3.03. The van der Waals surface area contributed by atoms with Crippen LogP contribution in [0.25, 0.3) is 11.5 Å². The standard InChI is InChI=1S/C17H15F2N5O2/c1-23-8-7-12(22-23)16(25)24-10-17(18,19)9-13(24)15-21-20-14(26-15)11-5-3-2-4-6-11/h2-8,13H,9-10H2,1H3/t13-/m0/s1. The minimum Gasteiger partial charge on any atom is -0.418 e. The Labute approximate surface area is 147 Å². The molecule has 1 amide bonds. The zero-order valence-corrected chi connectivity index (χ0v) is 13.8. The topological polar surface area (TPSA) is 77.0 Å². The van der Waals surface area contributed by atoms with Gasteiger partial charge in [0, 0.05) is 25.2 Å². The van der Waals surface area contributed by atoms with Gasteiger partial charge in [0.05, 0.1) is 6.54 Å². The number of aryl methyl sites for hydroxylation is 1. The summed E-state index contributed by atoms with van der Waals surface area (Å²) in [6, 6.07) is 9.49. The van der Waals surface area contributed by atoms with Gasteiger partial charge in [-0.25, -0.2) is 8.78 Å². The second kappa shape index (κ2) is 6.01. The summed E-state index contributed by atoms with van der Waals surface area (Å²) < 4.78 is 35.1. The largest absolute Gasteiger partial charge is 0.418 e. The van der Waals surface area contributed by atoms with E-state index in [0.717, 1.165) is 4.90 Å². The summed E-state index contributed by atoms with van der Waals surface area (Å²) in [6.07, 6.45) is 1.01. The first-order valence-electron chi connectivity index (χ1n) is 8.00. The molecule has 0 radical (unpaired) electrons. The molecule has 134 valence electrons. The predicted octanol–water partition coefficient (Wildman–Crippen LogP) is 2.69. The first-order chi connectivity index (χ1) is 12.4. The van der Waals surface area contributed by atoms with E-state index in [1.165, 1.54) is 10.7 Å². The van der Waals surface area contributed by atoms with Crippen molar-refractivity contribution in [3.8, 4) is 11.5 Å². The van der Waals surface area contributed by atoms with Crippen molar-refractivity contribution in [2.24, 2.45) is 7.05 Å². The first-order valence-corrected chi connectivity index (χ1v) is 8.00. The summed E-state index contributed by atoms with van der Waals surface area (Å²) in [7, 11) is 1.65. The molecule has 26 heavy (non-hydrogen) atoms. The number of aromatic nitrogens is 4. The SMILES string of the molecule is Cn1ccc(C(=O)N2CC(F)(F)C[C@H]2c2nnc(-c3ccccc3)o2)n1. The van der Waals surface area contributed by atoms with E-state index >= 15 is 0 Å². The molecule has 0 N–H and O–H groups in total. The van der Waals surface area contributed by atoms with E-state index in [-0.39, 0.29) is 17.5 Å². The lowest BCUT2D eigenvalue weighted by atomic mass is 10.2. The van der Waals surface area contributed by atoms with Crippen molar-refractivity contribution in [1.29, 1.82) is 0 Å². The van der Waals surface area contributed by atoms with Crippen LogP contribution < -0.4 is 0 Å². The summed E-state index contributed by atoms with van der Waals surface area (Å²) in [5.41, 5.74) is 0.775. The predicted molar refractivity (Wildman–Crippen MR) is 86.3 cm³/mol. The van der Waals surface area contributed by atoms with Crippen molar-refractivity contribution in [2.45, 2.75) is 18.4 Å². The molecule has 1 fully saturated rings. The minimum absolute atomic E-state index is 0.00897. The fourth-order valence-corrected chi connectivity index (χ4v) is 2.99. The van der Waals surface area contributed by atoms with Crippen molar-refractivity contribution < 1.29 is 18.0 Å². The lowest BCUT2D eigenvalue weighted by Crippen LogP contribution is -2.33. The van der Waals surface area contributed by atoms with Gasteiger partial charge in [-0.15, -0.1) is 10.2 Å². The zero-order chi connectivity index (χ0) is 18.3. The molecule has 1 aliphatic heterocycles. The van der Waals surface area contributed by atoms with E-state index < -0.39 is 30.8 Å². The monoisotopic (exact) mass is 359 g/mol. The van der Waals surface area contributed by atoms with Crippen molar-refractivity contribution in [3.05, 3.63) is 54.2 Å². The molecule has 0 aliphatic carbocycles. The summed E-state index contributed by atoms with van der Waals surface area (Å²) in [5, 5.41) is 11.8. The molecule has 1 atom stereocenters. The van der Waals surface area contributed by atoms with Crippen LogP contribution in [0.2, 0.25) is 0 Å². The molecular weight excluding hydrogens is 344 g/mol. The van der Waals surface area contributed by atoms with Gasteiger partial charge in [0.25, 0.3) is 11.8 Å². The molecule has 2 aromatic heterocycles. The molecule has 9 heteroatoms. The zero-order valence-electron chi connectivity index (χ0n) is 13.8. The van der Waals surface area contributed by atoms with Crippen LogP contribution in [0.5, 0.6) is 0 Å². The van der Waals surface area contributed by atoms with Crippen molar-refractivity contribution in [3.63, 3.8) is 0 Å².